The molecule has 0 atom stereocenters. The van der Waals surface area contributed by atoms with Gasteiger partial charge in [0, 0.05) is 17.8 Å². The molecule has 8 nitrogen and oxygen atoms in total. The van der Waals surface area contributed by atoms with Crippen molar-refractivity contribution in [2.75, 3.05) is 5.32 Å². The van der Waals surface area contributed by atoms with Crippen LogP contribution in [0.3, 0.4) is 0 Å². The van der Waals surface area contributed by atoms with E-state index in [4.69, 9.17) is 0 Å². The average Bonchev–Trinajstić information content (AvgIpc) is 3.29. The van der Waals surface area contributed by atoms with Gasteiger partial charge in [0.15, 0.2) is 10.8 Å². The van der Waals surface area contributed by atoms with E-state index in [-0.39, 0.29) is 0 Å². The van der Waals surface area contributed by atoms with Gasteiger partial charge in [0.25, 0.3) is 0 Å². The van der Waals surface area contributed by atoms with Crippen LogP contribution in [0.25, 0.3) is 16.5 Å². The number of aryl methyl sites for hydroxylation is 1. The van der Waals surface area contributed by atoms with Gasteiger partial charge >= 0.3 is 0 Å². The number of nitrogens with zero attached hydrogens (tertiary/aromatic N) is 7. The summed E-state index contributed by atoms with van der Waals surface area (Å²) in [7, 11) is 0. The lowest BCUT2D eigenvalue weighted by Gasteiger charge is -2.07. The molecule has 0 aliphatic heterocycles. The average molecular weight is 338 g/mol. The van der Waals surface area contributed by atoms with Crippen LogP contribution >= 0.6 is 11.3 Å². The molecule has 0 saturated heterocycles. The standard InChI is InChI=1S/C15H14N8S/c1-2-10-6-12(14-21-19-9-23(14)22-10)18-7-11-8-24-15(20-11)13-16-4-3-5-17-13/h3-6,8-9,18H,2,7H2,1H3. The second kappa shape index (κ2) is 6.28. The zero-order chi connectivity index (χ0) is 16.4. The van der Waals surface area contributed by atoms with Crippen molar-refractivity contribution in [3.05, 3.63) is 47.6 Å². The molecule has 4 rings (SSSR count). The van der Waals surface area contributed by atoms with Gasteiger partial charge in [0.05, 0.1) is 23.6 Å². The van der Waals surface area contributed by atoms with Gasteiger partial charge in [-0.25, -0.2) is 15.0 Å². The van der Waals surface area contributed by atoms with Gasteiger partial charge in [-0.1, -0.05) is 6.92 Å². The van der Waals surface area contributed by atoms with Crippen molar-refractivity contribution in [1.82, 2.24) is 34.8 Å². The van der Waals surface area contributed by atoms with E-state index in [1.165, 1.54) is 11.3 Å². The number of thiazole rings is 1. The molecule has 4 aromatic heterocycles. The Morgan fingerprint density at radius 1 is 1.21 bits per heavy atom. The highest BCUT2D eigenvalue weighted by Gasteiger charge is 2.10. The van der Waals surface area contributed by atoms with Crippen LogP contribution in [0.2, 0.25) is 0 Å². The summed E-state index contributed by atoms with van der Waals surface area (Å²) in [5, 5.41) is 18.6. The summed E-state index contributed by atoms with van der Waals surface area (Å²) in [6, 6.07) is 3.79. The minimum absolute atomic E-state index is 0.582. The van der Waals surface area contributed by atoms with Crippen LogP contribution in [0, 0.1) is 0 Å². The summed E-state index contributed by atoms with van der Waals surface area (Å²) in [5.74, 6) is 0.644. The number of nitrogens with one attached hydrogen (secondary N) is 1. The molecule has 4 heterocycles. The lowest BCUT2D eigenvalue weighted by Crippen LogP contribution is -2.05. The Kier molecular flexibility index (Phi) is 3.83. The zero-order valence-corrected chi connectivity index (χ0v) is 13.7. The normalized spacial score (nSPS) is 11.0. The number of hydrogen-bond donors (Lipinski definition) is 1. The number of aromatic nitrogens is 7. The Morgan fingerprint density at radius 2 is 2.08 bits per heavy atom. The van der Waals surface area contributed by atoms with Crippen LogP contribution in [-0.2, 0) is 13.0 Å². The molecule has 0 aliphatic rings. The first-order valence-electron chi connectivity index (χ1n) is 7.49. The predicted octanol–water partition coefficient (Wildman–Crippen LogP) is 2.21. The van der Waals surface area contributed by atoms with E-state index in [1.54, 1.807) is 29.3 Å². The minimum atomic E-state index is 0.582. The first-order chi connectivity index (χ1) is 11.8. The third-order valence-electron chi connectivity index (χ3n) is 3.45. The van der Waals surface area contributed by atoms with Crippen molar-refractivity contribution in [2.24, 2.45) is 0 Å². The van der Waals surface area contributed by atoms with E-state index in [0.717, 1.165) is 28.5 Å². The highest BCUT2D eigenvalue weighted by Crippen LogP contribution is 2.21. The van der Waals surface area contributed by atoms with Crippen molar-refractivity contribution >= 4 is 22.7 Å². The van der Waals surface area contributed by atoms with Crippen LogP contribution in [-0.4, -0.2) is 34.8 Å². The minimum Gasteiger partial charge on any atom is -0.376 e. The number of hydrogen-bond acceptors (Lipinski definition) is 8. The van der Waals surface area contributed by atoms with E-state index >= 15 is 0 Å². The van der Waals surface area contributed by atoms with E-state index in [0.29, 0.717) is 18.0 Å². The number of fused-ring (bicyclic) bond motifs is 1. The molecule has 0 aromatic carbocycles. The molecule has 0 bridgehead atoms. The SMILES string of the molecule is CCc1cc(NCc2csc(-c3ncccn3)n2)c2nncn2n1. The summed E-state index contributed by atoms with van der Waals surface area (Å²) in [6.45, 7) is 2.65. The van der Waals surface area contributed by atoms with Crippen LogP contribution < -0.4 is 5.32 Å². The maximum Gasteiger partial charge on any atom is 0.200 e. The molecule has 0 saturated carbocycles. The van der Waals surface area contributed by atoms with E-state index in [9.17, 15) is 0 Å². The fraction of sp³-hybridized carbons (Fsp3) is 0.200. The van der Waals surface area contributed by atoms with Gasteiger partial charge in [0.1, 0.15) is 6.33 Å². The molecular formula is C15H14N8S. The third kappa shape index (κ3) is 2.81. The molecule has 0 aliphatic carbocycles. The molecule has 0 radical (unpaired) electrons. The Balaban J connectivity index is 1.55. The Hall–Kier alpha value is -2.94. The lowest BCUT2D eigenvalue weighted by atomic mass is 10.3. The second-order valence-electron chi connectivity index (χ2n) is 5.07. The zero-order valence-electron chi connectivity index (χ0n) is 12.9. The van der Waals surface area contributed by atoms with Gasteiger partial charge in [-0.2, -0.15) is 9.61 Å². The maximum atomic E-state index is 4.58. The van der Waals surface area contributed by atoms with Gasteiger partial charge in [-0.15, -0.1) is 21.5 Å². The van der Waals surface area contributed by atoms with E-state index in [1.807, 2.05) is 11.4 Å². The van der Waals surface area contributed by atoms with Gasteiger partial charge in [-0.3, -0.25) is 0 Å². The van der Waals surface area contributed by atoms with Crippen molar-refractivity contribution < 1.29 is 0 Å². The summed E-state index contributed by atoms with van der Waals surface area (Å²) < 4.78 is 1.69. The molecule has 9 heteroatoms. The van der Waals surface area contributed by atoms with Crippen molar-refractivity contribution in [3.8, 4) is 10.8 Å². The van der Waals surface area contributed by atoms with Crippen molar-refractivity contribution in [1.29, 1.82) is 0 Å². The second-order valence-corrected chi connectivity index (χ2v) is 5.93. The molecule has 120 valence electrons. The Morgan fingerprint density at radius 3 is 2.92 bits per heavy atom. The largest absolute Gasteiger partial charge is 0.376 e. The van der Waals surface area contributed by atoms with E-state index in [2.05, 4.69) is 42.5 Å². The Labute approximate surface area is 141 Å². The number of rotatable bonds is 5. The molecule has 1 N–H and O–H groups in total. The molecule has 0 unspecified atom stereocenters. The van der Waals surface area contributed by atoms with Gasteiger partial charge in [-0.05, 0) is 18.6 Å². The van der Waals surface area contributed by atoms with E-state index < -0.39 is 0 Å². The molecule has 0 amide bonds. The van der Waals surface area contributed by atoms with Crippen LogP contribution in [0.4, 0.5) is 5.69 Å². The fourth-order valence-electron chi connectivity index (χ4n) is 2.27. The summed E-state index contributed by atoms with van der Waals surface area (Å²) >= 11 is 1.53. The molecule has 4 aromatic rings. The van der Waals surface area contributed by atoms with Crippen LogP contribution in [0.15, 0.2) is 36.2 Å². The molecular weight excluding hydrogens is 324 g/mol. The summed E-state index contributed by atoms with van der Waals surface area (Å²) in [4.78, 5) is 13.0. The van der Waals surface area contributed by atoms with Crippen molar-refractivity contribution in [2.45, 2.75) is 19.9 Å². The number of anilines is 1. The van der Waals surface area contributed by atoms with Crippen LogP contribution in [0.1, 0.15) is 18.3 Å². The summed E-state index contributed by atoms with van der Waals surface area (Å²) in [6.07, 6.45) is 5.88. The summed E-state index contributed by atoms with van der Waals surface area (Å²) in [5.41, 5.74) is 3.50. The smallest absolute Gasteiger partial charge is 0.200 e. The fourth-order valence-corrected chi connectivity index (χ4v) is 3.03. The first kappa shape index (κ1) is 14.6. The third-order valence-corrected chi connectivity index (χ3v) is 4.34. The quantitative estimate of drug-likeness (QED) is 0.596. The Bertz CT molecular complexity index is 962. The highest BCUT2D eigenvalue weighted by molar-refractivity contribution is 7.13. The lowest BCUT2D eigenvalue weighted by molar-refractivity contribution is 0.856. The topological polar surface area (TPSA) is 93.8 Å². The monoisotopic (exact) mass is 338 g/mol. The first-order valence-corrected chi connectivity index (χ1v) is 8.37. The molecule has 0 spiro atoms. The molecule has 0 fully saturated rings. The predicted molar refractivity (Wildman–Crippen MR) is 90.6 cm³/mol. The molecule has 24 heavy (non-hydrogen) atoms. The highest BCUT2D eigenvalue weighted by atomic mass is 32.1. The van der Waals surface area contributed by atoms with Crippen LogP contribution in [0.5, 0.6) is 0 Å². The van der Waals surface area contributed by atoms with Crippen molar-refractivity contribution in [3.63, 3.8) is 0 Å². The van der Waals surface area contributed by atoms with Gasteiger partial charge < -0.3 is 5.32 Å². The maximum absolute atomic E-state index is 4.58. The van der Waals surface area contributed by atoms with Gasteiger partial charge in [0.2, 0.25) is 5.65 Å².